The van der Waals surface area contributed by atoms with Crippen LogP contribution in [0.15, 0.2) is 36.5 Å². The molecule has 1 aliphatic rings. The Bertz CT molecular complexity index is 1140. The van der Waals surface area contributed by atoms with E-state index >= 15 is 0 Å². The van der Waals surface area contributed by atoms with Gasteiger partial charge in [-0.1, -0.05) is 35.6 Å². The molecule has 0 atom stereocenters. The molecule has 0 spiro atoms. The number of nitrogens with one attached hydrogen (secondary N) is 4. The van der Waals surface area contributed by atoms with E-state index in [1.807, 2.05) is 50.6 Å². The highest BCUT2D eigenvalue weighted by molar-refractivity contribution is 7.18. The van der Waals surface area contributed by atoms with Crippen molar-refractivity contribution in [3.8, 4) is 21.8 Å². The molecule has 1 aromatic carbocycles. The number of thiazole rings is 1. The molecule has 2 heterocycles. The monoisotopic (exact) mass is 494 g/mol. The zero-order chi connectivity index (χ0) is 24.8. The normalized spacial score (nSPS) is 13.2. The van der Waals surface area contributed by atoms with Gasteiger partial charge in [0, 0.05) is 43.5 Å². The zero-order valence-corrected chi connectivity index (χ0v) is 21.6. The van der Waals surface area contributed by atoms with Gasteiger partial charge in [-0.2, -0.15) is 0 Å². The summed E-state index contributed by atoms with van der Waals surface area (Å²) in [6.45, 7) is 6.19. The maximum Gasteiger partial charge on any atom is 0.315 e. The van der Waals surface area contributed by atoms with E-state index in [1.54, 1.807) is 11.3 Å². The van der Waals surface area contributed by atoms with Gasteiger partial charge in [-0.25, -0.2) is 19.7 Å². The van der Waals surface area contributed by atoms with Crippen molar-refractivity contribution in [2.75, 3.05) is 37.8 Å². The summed E-state index contributed by atoms with van der Waals surface area (Å²) >= 11 is 1.57. The first-order valence-electron chi connectivity index (χ1n) is 12.0. The van der Waals surface area contributed by atoms with Crippen molar-refractivity contribution >= 4 is 28.4 Å². The number of urea groups is 1. The average molecular weight is 495 g/mol. The van der Waals surface area contributed by atoms with Crippen molar-refractivity contribution in [1.29, 1.82) is 0 Å². The van der Waals surface area contributed by atoms with Crippen molar-refractivity contribution in [2.24, 2.45) is 0 Å². The third kappa shape index (κ3) is 7.37. The highest BCUT2D eigenvalue weighted by Gasteiger charge is 2.23. The van der Waals surface area contributed by atoms with Crippen LogP contribution in [-0.2, 0) is 6.54 Å². The van der Waals surface area contributed by atoms with Crippen molar-refractivity contribution in [3.05, 3.63) is 42.1 Å². The van der Waals surface area contributed by atoms with Gasteiger partial charge >= 0.3 is 6.03 Å². The number of nitrogens with zero attached hydrogens (tertiary/aromatic N) is 4. The van der Waals surface area contributed by atoms with Gasteiger partial charge in [0.1, 0.15) is 0 Å². The van der Waals surface area contributed by atoms with Gasteiger partial charge in [-0.3, -0.25) is 0 Å². The SMILES string of the molecule is CC(C)Nc1ncc(-c2cc(-c3ccccc3CNC(=O)NC3CC3)nc(NCCN(C)C)n2)s1. The van der Waals surface area contributed by atoms with Gasteiger partial charge in [0.2, 0.25) is 5.95 Å². The standard InChI is InChI=1S/C25H34N8OS/c1-16(2)29-25-28-15-22(35-25)21-13-20(31-23(32-21)26-11-12-33(3)4)19-8-6-5-7-17(19)14-27-24(34)30-18-9-10-18/h5-8,13,15-16,18H,9-12,14H2,1-4H3,(H,28,29)(H,26,31,32)(H2,27,30,34). The molecule has 0 aliphatic heterocycles. The number of benzene rings is 1. The summed E-state index contributed by atoms with van der Waals surface area (Å²) in [6, 6.07) is 10.5. The molecule has 2 aromatic heterocycles. The number of aromatic nitrogens is 3. The quantitative estimate of drug-likeness (QED) is 0.319. The topological polar surface area (TPSA) is 107 Å². The van der Waals surface area contributed by atoms with Crippen LogP contribution >= 0.6 is 11.3 Å². The first-order valence-corrected chi connectivity index (χ1v) is 12.8. The molecule has 10 heteroatoms. The predicted octanol–water partition coefficient (Wildman–Crippen LogP) is 4.02. The number of carbonyl (C=O) groups is 1. The Balaban J connectivity index is 1.62. The predicted molar refractivity (Wildman–Crippen MR) is 143 cm³/mol. The summed E-state index contributed by atoms with van der Waals surface area (Å²) in [5, 5.41) is 13.5. The van der Waals surface area contributed by atoms with Crippen LogP contribution in [-0.4, -0.2) is 65.2 Å². The summed E-state index contributed by atoms with van der Waals surface area (Å²) in [5.74, 6) is 0.570. The molecule has 0 bridgehead atoms. The molecule has 0 radical (unpaired) electrons. The molecule has 4 N–H and O–H groups in total. The third-order valence-corrected chi connectivity index (χ3v) is 6.33. The molecule has 0 unspecified atom stereocenters. The fourth-order valence-electron chi connectivity index (χ4n) is 3.45. The van der Waals surface area contributed by atoms with Crippen LogP contribution in [0.3, 0.4) is 0 Å². The molecule has 1 aliphatic carbocycles. The van der Waals surface area contributed by atoms with E-state index < -0.39 is 0 Å². The summed E-state index contributed by atoms with van der Waals surface area (Å²) in [5.41, 5.74) is 3.57. The first-order chi connectivity index (χ1) is 16.9. The maximum absolute atomic E-state index is 12.2. The van der Waals surface area contributed by atoms with Gasteiger partial charge < -0.3 is 26.2 Å². The van der Waals surface area contributed by atoms with Crippen molar-refractivity contribution < 1.29 is 4.79 Å². The molecular weight excluding hydrogens is 460 g/mol. The minimum absolute atomic E-state index is 0.133. The first kappa shape index (κ1) is 24.9. The second kappa shape index (κ2) is 11.5. The van der Waals surface area contributed by atoms with Crippen molar-refractivity contribution in [1.82, 2.24) is 30.5 Å². The van der Waals surface area contributed by atoms with Crippen LogP contribution in [0, 0.1) is 0 Å². The Kier molecular flexibility index (Phi) is 8.14. The van der Waals surface area contributed by atoms with Crippen molar-refractivity contribution in [2.45, 2.75) is 45.3 Å². The smallest absolute Gasteiger partial charge is 0.315 e. The maximum atomic E-state index is 12.2. The van der Waals surface area contributed by atoms with Crippen LogP contribution in [0.25, 0.3) is 21.8 Å². The van der Waals surface area contributed by atoms with Crippen LogP contribution in [0.1, 0.15) is 32.3 Å². The zero-order valence-electron chi connectivity index (χ0n) is 20.8. The van der Waals surface area contributed by atoms with E-state index in [4.69, 9.17) is 9.97 Å². The highest BCUT2D eigenvalue weighted by atomic mass is 32.1. The minimum atomic E-state index is -0.133. The Morgan fingerprint density at radius 2 is 1.94 bits per heavy atom. The van der Waals surface area contributed by atoms with Gasteiger partial charge in [-0.15, -0.1) is 0 Å². The van der Waals surface area contributed by atoms with Crippen LogP contribution in [0.2, 0.25) is 0 Å². The molecule has 35 heavy (non-hydrogen) atoms. The van der Waals surface area contributed by atoms with Crippen molar-refractivity contribution in [3.63, 3.8) is 0 Å². The van der Waals surface area contributed by atoms with Crippen LogP contribution in [0.5, 0.6) is 0 Å². The number of likely N-dealkylation sites (N-methyl/N-ethyl adjacent to an activating group) is 1. The lowest BCUT2D eigenvalue weighted by atomic mass is 10.0. The number of hydrogen-bond acceptors (Lipinski definition) is 8. The Morgan fingerprint density at radius 3 is 2.69 bits per heavy atom. The van der Waals surface area contributed by atoms with E-state index in [0.29, 0.717) is 24.6 Å². The molecule has 1 fully saturated rings. The van der Waals surface area contributed by atoms with E-state index in [9.17, 15) is 4.79 Å². The molecule has 4 rings (SSSR count). The number of carbonyl (C=O) groups excluding carboxylic acids is 1. The van der Waals surface area contributed by atoms with Gasteiger partial charge in [0.15, 0.2) is 5.13 Å². The molecule has 1 saturated carbocycles. The summed E-state index contributed by atoms with van der Waals surface area (Å²) in [4.78, 5) is 29.4. The number of hydrogen-bond donors (Lipinski definition) is 4. The van der Waals surface area contributed by atoms with Crippen LogP contribution < -0.4 is 21.3 Å². The Morgan fingerprint density at radius 1 is 1.17 bits per heavy atom. The second-order valence-corrected chi connectivity index (χ2v) is 10.3. The highest BCUT2D eigenvalue weighted by Crippen LogP contribution is 2.32. The van der Waals surface area contributed by atoms with Crippen LogP contribution in [0.4, 0.5) is 15.9 Å². The van der Waals surface area contributed by atoms with Gasteiger partial charge in [-0.05, 0) is 52.4 Å². The lowest BCUT2D eigenvalue weighted by Crippen LogP contribution is -2.36. The van der Waals surface area contributed by atoms with Gasteiger partial charge in [0.25, 0.3) is 0 Å². The average Bonchev–Trinajstić information content (AvgIpc) is 3.51. The minimum Gasteiger partial charge on any atom is -0.359 e. The molecule has 2 amide bonds. The molecule has 186 valence electrons. The molecule has 3 aromatic rings. The second-order valence-electron chi connectivity index (χ2n) is 9.28. The fraction of sp³-hybridized carbons (Fsp3) is 0.440. The largest absolute Gasteiger partial charge is 0.359 e. The summed E-state index contributed by atoms with van der Waals surface area (Å²) < 4.78 is 0. The fourth-order valence-corrected chi connectivity index (χ4v) is 4.37. The van der Waals surface area contributed by atoms with E-state index in [1.165, 1.54) is 0 Å². The summed E-state index contributed by atoms with van der Waals surface area (Å²) in [7, 11) is 4.07. The number of anilines is 2. The molecule has 0 saturated heterocycles. The molecular formula is C25H34N8OS. The lowest BCUT2D eigenvalue weighted by Gasteiger charge is -2.14. The Labute approximate surface area is 210 Å². The van der Waals surface area contributed by atoms with E-state index in [2.05, 4.69) is 45.0 Å². The van der Waals surface area contributed by atoms with Gasteiger partial charge in [0.05, 0.1) is 16.3 Å². The van der Waals surface area contributed by atoms with E-state index in [0.717, 1.165) is 58.5 Å². The third-order valence-electron chi connectivity index (χ3n) is 5.38. The molecule has 9 nitrogen and oxygen atoms in total. The van der Waals surface area contributed by atoms with E-state index in [-0.39, 0.29) is 6.03 Å². The number of rotatable bonds is 11. The lowest BCUT2D eigenvalue weighted by molar-refractivity contribution is 0.240. The Hall–Kier alpha value is -3.24. The number of amides is 2. The summed E-state index contributed by atoms with van der Waals surface area (Å²) in [6.07, 6.45) is 3.97.